The molecule has 0 radical (unpaired) electrons. The topological polar surface area (TPSA) is 65.9 Å². The average molecular weight is 556 g/mol. The molecule has 3 aromatic rings. The van der Waals surface area contributed by atoms with Crippen molar-refractivity contribution in [2.75, 3.05) is 32.8 Å². The molecule has 2 fully saturated rings. The molecule has 0 aliphatic carbocycles. The van der Waals surface area contributed by atoms with Gasteiger partial charge in [0.1, 0.15) is 5.75 Å². The Morgan fingerprint density at radius 2 is 1.80 bits per heavy atom. The van der Waals surface area contributed by atoms with Crippen molar-refractivity contribution < 1.29 is 27.8 Å². The first-order valence-corrected chi connectivity index (χ1v) is 14.2. The van der Waals surface area contributed by atoms with Gasteiger partial charge in [-0.25, -0.2) is 9.78 Å². The fourth-order valence-corrected chi connectivity index (χ4v) is 6.02. The van der Waals surface area contributed by atoms with Crippen molar-refractivity contribution in [3.05, 3.63) is 59.2 Å². The van der Waals surface area contributed by atoms with E-state index in [2.05, 4.69) is 9.80 Å². The highest BCUT2D eigenvalue weighted by molar-refractivity contribution is 6.06. The van der Waals surface area contributed by atoms with Gasteiger partial charge >= 0.3 is 12.1 Å². The van der Waals surface area contributed by atoms with Gasteiger partial charge in [-0.1, -0.05) is 25.5 Å². The third kappa shape index (κ3) is 6.25. The Hall–Kier alpha value is -3.17. The van der Waals surface area contributed by atoms with E-state index in [1.807, 2.05) is 6.92 Å². The predicted octanol–water partition coefficient (Wildman–Crippen LogP) is 6.86. The zero-order valence-electron chi connectivity index (χ0n) is 22.8. The van der Waals surface area contributed by atoms with E-state index in [0.29, 0.717) is 41.4 Å². The van der Waals surface area contributed by atoms with E-state index < -0.39 is 17.7 Å². The van der Waals surface area contributed by atoms with Crippen molar-refractivity contribution in [1.29, 1.82) is 0 Å². The first kappa shape index (κ1) is 28.4. The number of nitrogens with zero attached hydrogens (tertiary/aromatic N) is 3. The lowest BCUT2D eigenvalue weighted by Gasteiger charge is -2.40. The van der Waals surface area contributed by atoms with Crippen LogP contribution in [-0.4, -0.2) is 64.7 Å². The summed E-state index contributed by atoms with van der Waals surface area (Å²) in [4.78, 5) is 22.3. The lowest BCUT2D eigenvalue weighted by Crippen LogP contribution is -2.46. The maximum absolute atomic E-state index is 13.6. The van der Waals surface area contributed by atoms with Gasteiger partial charge in [0.05, 0.1) is 28.9 Å². The number of likely N-dealkylation sites (tertiary alicyclic amines) is 2. The summed E-state index contributed by atoms with van der Waals surface area (Å²) in [5.41, 5.74) is 0.623. The highest BCUT2D eigenvalue weighted by Crippen LogP contribution is 2.37. The predicted molar refractivity (Wildman–Crippen MR) is 149 cm³/mol. The number of aromatic carboxylic acids is 1. The average Bonchev–Trinajstić information content (AvgIpc) is 2.96. The fraction of sp³-hybridized carbons (Fsp3) is 0.484. The second kappa shape index (κ2) is 12.1. The molecule has 214 valence electrons. The first-order valence-electron chi connectivity index (χ1n) is 14.2. The number of carboxylic acid groups (broad SMARTS) is 1. The minimum atomic E-state index is -4.53. The first-order chi connectivity index (χ1) is 19.2. The molecular formula is C31H36F3N3O3. The summed E-state index contributed by atoms with van der Waals surface area (Å²) in [7, 11) is 0. The maximum atomic E-state index is 13.6. The monoisotopic (exact) mass is 555 g/mol. The fourth-order valence-electron chi connectivity index (χ4n) is 6.02. The zero-order chi connectivity index (χ0) is 28.3. The number of pyridine rings is 1. The molecule has 6 nitrogen and oxygen atoms in total. The lowest BCUT2D eigenvalue weighted by molar-refractivity contribution is -0.137. The number of ether oxygens (including phenoxy) is 1. The number of alkyl halides is 3. The van der Waals surface area contributed by atoms with Crippen LogP contribution >= 0.6 is 0 Å². The Bertz CT molecular complexity index is 1350. The summed E-state index contributed by atoms with van der Waals surface area (Å²) in [6.45, 7) is 6.63. The number of carboxylic acids is 1. The quantitative estimate of drug-likeness (QED) is 0.328. The van der Waals surface area contributed by atoms with Crippen LogP contribution in [0.2, 0.25) is 0 Å². The van der Waals surface area contributed by atoms with Crippen LogP contribution in [0.15, 0.2) is 42.5 Å². The number of carbonyl (C=O) groups is 1. The molecule has 2 aliphatic rings. The van der Waals surface area contributed by atoms with Crippen LogP contribution in [0.4, 0.5) is 13.2 Å². The van der Waals surface area contributed by atoms with E-state index in [0.717, 1.165) is 57.6 Å². The second-order valence-corrected chi connectivity index (χ2v) is 10.8. The van der Waals surface area contributed by atoms with Gasteiger partial charge in [-0.2, -0.15) is 13.2 Å². The molecule has 3 heterocycles. The summed E-state index contributed by atoms with van der Waals surface area (Å²) in [5.74, 6) is -0.582. The minimum Gasteiger partial charge on any atom is -0.494 e. The summed E-state index contributed by atoms with van der Waals surface area (Å²) in [6, 6.07) is 10.6. The number of hydrogen-bond donors (Lipinski definition) is 1. The van der Waals surface area contributed by atoms with E-state index in [-0.39, 0.29) is 16.8 Å². The third-order valence-electron chi connectivity index (χ3n) is 8.05. The Morgan fingerprint density at radius 3 is 2.48 bits per heavy atom. The molecule has 9 heteroatoms. The molecule has 0 spiro atoms. The molecular weight excluding hydrogens is 519 g/mol. The summed E-state index contributed by atoms with van der Waals surface area (Å²) >= 11 is 0. The normalized spacial score (nSPS) is 17.8. The van der Waals surface area contributed by atoms with Gasteiger partial charge in [-0.05, 0) is 82.5 Å². The van der Waals surface area contributed by atoms with Crippen molar-refractivity contribution in [2.45, 2.75) is 64.2 Å². The summed E-state index contributed by atoms with van der Waals surface area (Å²) < 4.78 is 46.6. The van der Waals surface area contributed by atoms with Crippen molar-refractivity contribution in [2.24, 2.45) is 0 Å². The molecule has 2 saturated heterocycles. The van der Waals surface area contributed by atoms with Crippen LogP contribution in [0.1, 0.15) is 66.9 Å². The minimum absolute atomic E-state index is 0.0811. The van der Waals surface area contributed by atoms with Crippen LogP contribution in [-0.2, 0) is 12.7 Å². The van der Waals surface area contributed by atoms with E-state index in [1.165, 1.54) is 25.3 Å². The molecule has 0 atom stereocenters. The highest BCUT2D eigenvalue weighted by atomic mass is 19.4. The number of benzene rings is 2. The van der Waals surface area contributed by atoms with Gasteiger partial charge in [-0.15, -0.1) is 0 Å². The molecule has 2 aromatic carbocycles. The molecule has 0 saturated carbocycles. The lowest BCUT2D eigenvalue weighted by atomic mass is 9.94. The number of halogens is 3. The van der Waals surface area contributed by atoms with Crippen LogP contribution in [0.5, 0.6) is 5.75 Å². The second-order valence-electron chi connectivity index (χ2n) is 10.8. The standard InChI is InChI=1S/C31H36F3N3O3/c1-2-17-40-24-9-10-25-27(19-24)35-29(21-7-6-8-22(18-21)31(32,33)34)26(28(25)30(38)39)20-36-15-11-23(12-16-36)37-13-4-3-5-14-37/h6-10,18-19,23H,2-5,11-17,20H2,1H3,(H,38,39). The molecule has 2 aliphatic heterocycles. The van der Waals surface area contributed by atoms with E-state index >= 15 is 0 Å². The molecule has 0 bridgehead atoms. The summed E-state index contributed by atoms with van der Waals surface area (Å²) in [6.07, 6.45) is 2.00. The molecule has 0 amide bonds. The smallest absolute Gasteiger partial charge is 0.416 e. The van der Waals surface area contributed by atoms with Crippen LogP contribution in [0, 0.1) is 0 Å². The molecule has 40 heavy (non-hydrogen) atoms. The molecule has 1 aromatic heterocycles. The van der Waals surface area contributed by atoms with E-state index in [4.69, 9.17) is 9.72 Å². The van der Waals surface area contributed by atoms with Crippen molar-refractivity contribution >= 4 is 16.9 Å². The van der Waals surface area contributed by atoms with Gasteiger partial charge < -0.3 is 14.7 Å². The number of hydrogen-bond acceptors (Lipinski definition) is 5. The Labute approximate surface area is 232 Å². The van der Waals surface area contributed by atoms with Crippen molar-refractivity contribution in [3.63, 3.8) is 0 Å². The van der Waals surface area contributed by atoms with Gasteiger partial charge in [0, 0.05) is 35.2 Å². The van der Waals surface area contributed by atoms with E-state index in [9.17, 15) is 23.1 Å². The molecule has 0 unspecified atom stereocenters. The van der Waals surface area contributed by atoms with Gasteiger partial charge in [0.15, 0.2) is 0 Å². The number of fused-ring (bicyclic) bond motifs is 1. The van der Waals surface area contributed by atoms with Crippen LogP contribution in [0.3, 0.4) is 0 Å². The zero-order valence-corrected chi connectivity index (χ0v) is 22.8. The van der Waals surface area contributed by atoms with Crippen molar-refractivity contribution in [1.82, 2.24) is 14.8 Å². The molecule has 1 N–H and O–H groups in total. The van der Waals surface area contributed by atoms with Crippen LogP contribution < -0.4 is 4.74 Å². The SMILES string of the molecule is CCCOc1ccc2c(C(=O)O)c(CN3CCC(N4CCCCC4)CC3)c(-c3cccc(C(F)(F)F)c3)nc2c1. The van der Waals surface area contributed by atoms with E-state index in [1.54, 1.807) is 24.3 Å². The number of rotatable bonds is 8. The van der Waals surface area contributed by atoms with Gasteiger partial charge in [0.2, 0.25) is 0 Å². The van der Waals surface area contributed by atoms with Gasteiger partial charge in [0.25, 0.3) is 0 Å². The molecule has 5 rings (SSSR count). The Kier molecular flexibility index (Phi) is 8.61. The summed E-state index contributed by atoms with van der Waals surface area (Å²) in [5, 5.41) is 10.9. The van der Waals surface area contributed by atoms with Gasteiger partial charge in [-0.3, -0.25) is 4.90 Å². The number of piperidine rings is 2. The Morgan fingerprint density at radius 1 is 1.05 bits per heavy atom. The largest absolute Gasteiger partial charge is 0.494 e. The maximum Gasteiger partial charge on any atom is 0.416 e. The van der Waals surface area contributed by atoms with Crippen molar-refractivity contribution in [3.8, 4) is 17.0 Å². The Balaban J connectivity index is 1.55. The number of aromatic nitrogens is 1. The highest BCUT2D eigenvalue weighted by Gasteiger charge is 2.32. The third-order valence-corrected chi connectivity index (χ3v) is 8.05. The van der Waals surface area contributed by atoms with Crippen LogP contribution in [0.25, 0.3) is 22.2 Å².